The van der Waals surface area contributed by atoms with E-state index in [2.05, 4.69) is 15.6 Å². The lowest BCUT2D eigenvalue weighted by atomic mass is 9.89. The van der Waals surface area contributed by atoms with Gasteiger partial charge in [-0.2, -0.15) is 0 Å². The van der Waals surface area contributed by atoms with Crippen molar-refractivity contribution in [2.45, 2.75) is 63.6 Å². The molecule has 7 nitrogen and oxygen atoms in total. The van der Waals surface area contributed by atoms with Gasteiger partial charge in [-0.25, -0.2) is 4.39 Å². The number of ether oxygens (including phenoxy) is 2. The molecule has 2 saturated carbocycles. The number of aromatic amines is 1. The number of nitrogens with two attached hydrogens (primary N) is 1. The molecule has 182 valence electrons. The van der Waals surface area contributed by atoms with Crippen LogP contribution in [0.25, 0.3) is 5.57 Å². The summed E-state index contributed by atoms with van der Waals surface area (Å²) in [7, 11) is 1.45. The van der Waals surface area contributed by atoms with Crippen LogP contribution in [0.1, 0.15) is 68.3 Å². The summed E-state index contributed by atoms with van der Waals surface area (Å²) < 4.78 is 26.1. The number of hydrogen-bond donors (Lipinski definition) is 4. The van der Waals surface area contributed by atoms with E-state index in [1.165, 1.54) is 13.2 Å². The Morgan fingerprint density at radius 1 is 1.15 bits per heavy atom. The molecule has 1 aromatic carbocycles. The van der Waals surface area contributed by atoms with Crippen molar-refractivity contribution >= 4 is 11.5 Å². The summed E-state index contributed by atoms with van der Waals surface area (Å²) in [5, 5.41) is 6.64. The topological polar surface area (TPSA) is 101 Å². The number of carbonyl (C=O) groups excluding carboxylic acids is 1. The van der Waals surface area contributed by atoms with Crippen molar-refractivity contribution in [3.63, 3.8) is 0 Å². The first-order valence-electron chi connectivity index (χ1n) is 12.2. The lowest BCUT2D eigenvalue weighted by Gasteiger charge is -2.31. The van der Waals surface area contributed by atoms with E-state index in [-0.39, 0.29) is 29.8 Å². The number of rotatable bonds is 7. The fourth-order valence-corrected chi connectivity index (χ4v) is 4.99. The molecular formula is C26H33FN4O3. The summed E-state index contributed by atoms with van der Waals surface area (Å²) >= 11 is 0. The number of hydrogen-bond acceptors (Lipinski definition) is 5. The van der Waals surface area contributed by atoms with Crippen molar-refractivity contribution in [3.05, 3.63) is 52.7 Å². The third-order valence-corrected chi connectivity index (χ3v) is 7.18. The van der Waals surface area contributed by atoms with Crippen LogP contribution in [-0.2, 0) is 4.79 Å². The molecule has 8 heteroatoms. The van der Waals surface area contributed by atoms with Gasteiger partial charge < -0.3 is 30.8 Å². The molecule has 34 heavy (non-hydrogen) atoms. The molecule has 5 rings (SSSR count). The second-order valence-electron chi connectivity index (χ2n) is 9.75. The molecule has 0 radical (unpaired) electrons. The monoisotopic (exact) mass is 468 g/mol. The Morgan fingerprint density at radius 2 is 1.91 bits per heavy atom. The Morgan fingerprint density at radius 3 is 2.62 bits per heavy atom. The fraction of sp³-hybridized carbons (Fsp3) is 0.500. The third kappa shape index (κ3) is 4.51. The van der Waals surface area contributed by atoms with Crippen molar-refractivity contribution in [3.8, 4) is 11.5 Å². The normalized spacial score (nSPS) is 24.3. The third-order valence-electron chi connectivity index (χ3n) is 7.18. The summed E-state index contributed by atoms with van der Waals surface area (Å²) in [5.74, 6) is 0.736. The first kappa shape index (κ1) is 22.8. The van der Waals surface area contributed by atoms with Gasteiger partial charge in [0.2, 0.25) is 0 Å². The molecule has 1 unspecified atom stereocenters. The second kappa shape index (κ2) is 9.33. The first-order valence-corrected chi connectivity index (χ1v) is 12.2. The van der Waals surface area contributed by atoms with Gasteiger partial charge in [-0.1, -0.05) is 0 Å². The molecule has 3 aliphatic rings. The van der Waals surface area contributed by atoms with E-state index < -0.39 is 5.82 Å². The number of benzene rings is 1. The highest BCUT2D eigenvalue weighted by Crippen LogP contribution is 2.41. The quantitative estimate of drug-likeness (QED) is 0.496. The Bertz CT molecular complexity index is 1100. The van der Waals surface area contributed by atoms with Gasteiger partial charge in [0.25, 0.3) is 5.91 Å². The van der Waals surface area contributed by atoms with Gasteiger partial charge in [0, 0.05) is 41.2 Å². The van der Waals surface area contributed by atoms with Crippen molar-refractivity contribution in [2.24, 2.45) is 11.7 Å². The molecule has 1 aromatic heterocycles. The van der Waals surface area contributed by atoms with Gasteiger partial charge in [-0.3, -0.25) is 4.79 Å². The Hall–Kier alpha value is -3.00. The van der Waals surface area contributed by atoms with Crippen molar-refractivity contribution < 1.29 is 18.7 Å². The van der Waals surface area contributed by atoms with E-state index in [9.17, 15) is 9.18 Å². The van der Waals surface area contributed by atoms with Gasteiger partial charge in [-0.15, -0.1) is 0 Å². The van der Waals surface area contributed by atoms with Crippen LogP contribution in [0.15, 0.2) is 30.1 Å². The summed E-state index contributed by atoms with van der Waals surface area (Å²) in [4.78, 5) is 16.5. The molecule has 2 heterocycles. The zero-order chi connectivity index (χ0) is 23.8. The number of fused-ring (bicyclic) bond motifs is 1. The minimum Gasteiger partial charge on any atom is -0.494 e. The Kier molecular flexibility index (Phi) is 6.25. The van der Waals surface area contributed by atoms with Crippen LogP contribution in [0.5, 0.6) is 11.5 Å². The SMILES string of the molecule is COc1cc(OCC2CC2)c(C2NC(C)=C(C(=O)NC3CCC(N)CC3)c3[nH]ccc32)cc1F. The van der Waals surface area contributed by atoms with Crippen molar-refractivity contribution in [2.75, 3.05) is 13.7 Å². The maximum Gasteiger partial charge on any atom is 0.255 e. The molecule has 1 amide bonds. The molecule has 0 bridgehead atoms. The Balaban J connectivity index is 1.44. The molecule has 1 aliphatic heterocycles. The zero-order valence-electron chi connectivity index (χ0n) is 19.7. The van der Waals surface area contributed by atoms with Crippen LogP contribution in [-0.4, -0.2) is 36.7 Å². The number of H-pyrrole nitrogens is 1. The highest BCUT2D eigenvalue weighted by Gasteiger charge is 2.34. The van der Waals surface area contributed by atoms with Crippen LogP contribution in [0.2, 0.25) is 0 Å². The molecule has 2 aromatic rings. The summed E-state index contributed by atoms with van der Waals surface area (Å²) in [6.07, 6.45) is 7.75. The lowest BCUT2D eigenvalue weighted by Crippen LogP contribution is -2.42. The number of carbonyl (C=O) groups is 1. The number of aromatic nitrogens is 1. The van der Waals surface area contributed by atoms with Crippen LogP contribution in [0.4, 0.5) is 4.39 Å². The standard InChI is InChI=1S/C26H33FN4O3/c1-14-23(26(32)31-17-7-5-16(28)6-8-17)25-18(9-10-29-25)24(30-14)19-11-20(27)22(33-2)12-21(19)34-13-15-3-4-15/h9-12,15-17,24,29-30H,3-8,13,28H2,1-2H3,(H,31,32). The van der Waals surface area contributed by atoms with E-state index in [1.807, 2.05) is 19.2 Å². The van der Waals surface area contributed by atoms with E-state index in [0.717, 1.165) is 55.5 Å². The maximum absolute atomic E-state index is 14.8. The van der Waals surface area contributed by atoms with Gasteiger partial charge in [0.05, 0.1) is 31.0 Å². The van der Waals surface area contributed by atoms with Crippen LogP contribution in [0, 0.1) is 11.7 Å². The lowest BCUT2D eigenvalue weighted by molar-refractivity contribution is -0.116. The summed E-state index contributed by atoms with van der Waals surface area (Å²) in [5.41, 5.74) is 9.63. The second-order valence-corrected chi connectivity index (χ2v) is 9.75. The number of nitrogens with one attached hydrogen (secondary N) is 3. The van der Waals surface area contributed by atoms with Gasteiger partial charge in [0.1, 0.15) is 5.75 Å². The van der Waals surface area contributed by atoms with Crippen LogP contribution < -0.4 is 25.8 Å². The molecular weight excluding hydrogens is 435 g/mol. The minimum atomic E-state index is -0.448. The highest BCUT2D eigenvalue weighted by molar-refractivity contribution is 6.20. The smallest absolute Gasteiger partial charge is 0.255 e. The van der Waals surface area contributed by atoms with E-state index >= 15 is 0 Å². The maximum atomic E-state index is 14.8. The van der Waals surface area contributed by atoms with Crippen molar-refractivity contribution in [1.29, 1.82) is 0 Å². The van der Waals surface area contributed by atoms with Crippen molar-refractivity contribution in [1.82, 2.24) is 15.6 Å². The average molecular weight is 469 g/mol. The predicted molar refractivity (Wildman–Crippen MR) is 128 cm³/mol. The zero-order valence-corrected chi connectivity index (χ0v) is 19.7. The summed E-state index contributed by atoms with van der Waals surface area (Å²) in [6.45, 7) is 2.48. The molecule has 0 spiro atoms. The molecule has 5 N–H and O–H groups in total. The van der Waals surface area contributed by atoms with Crippen LogP contribution in [0.3, 0.4) is 0 Å². The fourth-order valence-electron chi connectivity index (χ4n) is 4.99. The van der Waals surface area contributed by atoms with E-state index in [1.54, 1.807) is 6.07 Å². The van der Waals surface area contributed by atoms with Gasteiger partial charge in [0.15, 0.2) is 11.6 Å². The molecule has 0 saturated heterocycles. The molecule has 2 fully saturated rings. The Labute approximate surface area is 199 Å². The van der Waals surface area contributed by atoms with E-state index in [4.69, 9.17) is 15.2 Å². The largest absolute Gasteiger partial charge is 0.494 e. The number of allylic oxidation sites excluding steroid dienone is 1. The predicted octanol–water partition coefficient (Wildman–Crippen LogP) is 3.76. The average Bonchev–Trinajstić information content (AvgIpc) is 3.53. The van der Waals surface area contributed by atoms with Gasteiger partial charge >= 0.3 is 0 Å². The summed E-state index contributed by atoms with van der Waals surface area (Å²) in [6, 6.07) is 5.01. The van der Waals surface area contributed by atoms with Gasteiger partial charge in [-0.05, 0) is 63.5 Å². The van der Waals surface area contributed by atoms with Crippen LogP contribution >= 0.6 is 0 Å². The number of halogens is 1. The molecule has 2 aliphatic carbocycles. The first-order chi connectivity index (χ1) is 16.4. The highest BCUT2D eigenvalue weighted by atomic mass is 19.1. The number of methoxy groups -OCH3 is 1. The van der Waals surface area contributed by atoms with E-state index in [0.29, 0.717) is 29.4 Å². The molecule has 1 atom stereocenters. The minimum absolute atomic E-state index is 0.112. The number of amides is 1.